The van der Waals surface area contributed by atoms with Gasteiger partial charge in [0.15, 0.2) is 0 Å². The Balaban J connectivity index is 1.45. The number of piperidine rings is 1. The summed E-state index contributed by atoms with van der Waals surface area (Å²) in [5.74, 6) is 1.67. The van der Waals surface area contributed by atoms with Crippen molar-refractivity contribution in [2.45, 2.75) is 52.5 Å². The molecule has 1 amide bonds. The third-order valence-corrected chi connectivity index (χ3v) is 8.81. The van der Waals surface area contributed by atoms with E-state index in [0.717, 1.165) is 61.1 Å². The van der Waals surface area contributed by atoms with Crippen molar-refractivity contribution in [2.24, 2.45) is 5.92 Å². The summed E-state index contributed by atoms with van der Waals surface area (Å²) in [4.78, 5) is 23.3. The van der Waals surface area contributed by atoms with E-state index in [-0.39, 0.29) is 11.9 Å². The molecular weight excluding hydrogens is 482 g/mol. The fourth-order valence-electron chi connectivity index (χ4n) is 5.19. The molecule has 186 valence electrons. The molecule has 2 aromatic carbocycles. The van der Waals surface area contributed by atoms with E-state index in [1.165, 1.54) is 22.9 Å². The summed E-state index contributed by atoms with van der Waals surface area (Å²) in [6, 6.07) is 19.4. The second-order valence-corrected chi connectivity index (χ2v) is 11.7. The lowest BCUT2D eigenvalue weighted by Gasteiger charge is -2.34. The molecule has 2 saturated heterocycles. The lowest BCUT2D eigenvalue weighted by molar-refractivity contribution is -0.123. The molecule has 5 rings (SSSR count). The van der Waals surface area contributed by atoms with Crippen LogP contribution in [0.3, 0.4) is 0 Å². The lowest BCUT2D eigenvalue weighted by atomic mass is 9.90. The zero-order valence-corrected chi connectivity index (χ0v) is 22.9. The first-order valence-corrected chi connectivity index (χ1v) is 14.1. The van der Waals surface area contributed by atoms with Crippen LogP contribution in [-0.2, 0) is 11.2 Å². The average Bonchev–Trinajstić information content (AvgIpc) is 3.17. The number of nitrogens with zero attached hydrogens (tertiary/aromatic N) is 3. The van der Waals surface area contributed by atoms with Gasteiger partial charge in [-0.15, -0.1) is 0 Å². The van der Waals surface area contributed by atoms with Crippen LogP contribution in [0.15, 0.2) is 59.5 Å². The third kappa shape index (κ3) is 5.07. The fourth-order valence-corrected chi connectivity index (χ4v) is 6.65. The third-order valence-electron chi connectivity index (χ3n) is 7.48. The van der Waals surface area contributed by atoms with Crippen molar-refractivity contribution < 1.29 is 4.79 Å². The normalized spacial score (nSPS) is 19.0. The number of aromatic nitrogens is 1. The minimum absolute atomic E-state index is 0.0104. The number of anilines is 1. The highest BCUT2D eigenvalue weighted by atomic mass is 32.2. The number of rotatable bonds is 6. The van der Waals surface area contributed by atoms with Crippen LogP contribution in [0.2, 0.25) is 0 Å². The predicted molar refractivity (Wildman–Crippen MR) is 156 cm³/mol. The fraction of sp³-hybridized carbons (Fsp3) is 0.367. The van der Waals surface area contributed by atoms with Crippen LogP contribution in [0, 0.1) is 12.8 Å². The molecule has 36 heavy (non-hydrogen) atoms. The molecule has 0 N–H and O–H groups in total. The van der Waals surface area contributed by atoms with Crippen LogP contribution in [0.1, 0.15) is 49.8 Å². The molecule has 2 aliphatic rings. The van der Waals surface area contributed by atoms with Gasteiger partial charge in [0.05, 0.1) is 10.4 Å². The van der Waals surface area contributed by atoms with Crippen molar-refractivity contribution >= 4 is 57.0 Å². The van der Waals surface area contributed by atoms with Gasteiger partial charge in [0.1, 0.15) is 10.1 Å². The summed E-state index contributed by atoms with van der Waals surface area (Å²) in [6.45, 7) is 8.19. The quantitative estimate of drug-likeness (QED) is 0.261. The van der Waals surface area contributed by atoms with Gasteiger partial charge < -0.3 is 4.90 Å². The van der Waals surface area contributed by atoms with E-state index >= 15 is 0 Å². The standard InChI is InChI=1S/C30H33N3OS2/c1-4-21(3)33-29(34)26(36-30(33)35)19-25-18-24-12-8-9-20(2)27(24)31-28(25)32-15-13-23(14-16-32)17-22-10-6-5-7-11-22/h5-12,18-19,21,23H,4,13-17H2,1-3H3/b26-19-. The van der Waals surface area contributed by atoms with Crippen molar-refractivity contribution in [1.82, 2.24) is 9.88 Å². The highest BCUT2D eigenvalue weighted by Crippen LogP contribution is 2.37. The monoisotopic (exact) mass is 515 g/mol. The number of amides is 1. The van der Waals surface area contributed by atoms with E-state index in [1.54, 1.807) is 4.90 Å². The maximum absolute atomic E-state index is 13.3. The van der Waals surface area contributed by atoms with E-state index in [2.05, 4.69) is 80.3 Å². The van der Waals surface area contributed by atoms with Gasteiger partial charge >= 0.3 is 0 Å². The first-order chi connectivity index (χ1) is 17.4. The Morgan fingerprint density at radius 2 is 1.89 bits per heavy atom. The van der Waals surface area contributed by atoms with Gasteiger partial charge in [-0.2, -0.15) is 0 Å². The Morgan fingerprint density at radius 3 is 2.61 bits per heavy atom. The molecule has 3 heterocycles. The van der Waals surface area contributed by atoms with Crippen LogP contribution >= 0.6 is 24.0 Å². The molecule has 1 aromatic heterocycles. The van der Waals surface area contributed by atoms with Gasteiger partial charge in [-0.1, -0.05) is 79.4 Å². The Hall–Kier alpha value is -2.70. The maximum atomic E-state index is 13.3. The van der Waals surface area contributed by atoms with Gasteiger partial charge in [0, 0.05) is 30.1 Å². The molecule has 4 nitrogen and oxygen atoms in total. The van der Waals surface area contributed by atoms with Crippen LogP contribution in [0.5, 0.6) is 0 Å². The summed E-state index contributed by atoms with van der Waals surface area (Å²) in [6.07, 6.45) is 6.29. The molecule has 0 saturated carbocycles. The van der Waals surface area contributed by atoms with Crippen LogP contribution < -0.4 is 4.90 Å². The molecule has 0 spiro atoms. The summed E-state index contributed by atoms with van der Waals surface area (Å²) in [5, 5.41) is 1.10. The molecule has 3 aromatic rings. The zero-order valence-electron chi connectivity index (χ0n) is 21.2. The average molecular weight is 516 g/mol. The number of aryl methyl sites for hydroxylation is 1. The Labute approximate surface area is 223 Å². The van der Waals surface area contributed by atoms with Gasteiger partial charge in [0.25, 0.3) is 5.91 Å². The zero-order chi connectivity index (χ0) is 25.2. The number of carbonyl (C=O) groups excluding carboxylic acids is 1. The smallest absolute Gasteiger partial charge is 0.266 e. The van der Waals surface area contributed by atoms with Gasteiger partial charge in [-0.3, -0.25) is 9.69 Å². The van der Waals surface area contributed by atoms with Crippen molar-refractivity contribution in [3.05, 3.63) is 76.2 Å². The van der Waals surface area contributed by atoms with E-state index in [1.807, 2.05) is 6.08 Å². The maximum Gasteiger partial charge on any atom is 0.266 e. The van der Waals surface area contributed by atoms with Gasteiger partial charge in [-0.05, 0) is 68.7 Å². The minimum Gasteiger partial charge on any atom is -0.356 e. The highest BCUT2D eigenvalue weighted by Gasteiger charge is 2.35. The number of thioether (sulfide) groups is 1. The van der Waals surface area contributed by atoms with Gasteiger partial charge in [0.2, 0.25) is 0 Å². The second-order valence-electron chi connectivity index (χ2n) is 9.98. The van der Waals surface area contributed by atoms with E-state index < -0.39 is 0 Å². The molecule has 0 bridgehead atoms. The molecule has 0 aliphatic carbocycles. The Bertz CT molecular complexity index is 1310. The molecule has 1 unspecified atom stereocenters. The Kier molecular flexibility index (Phi) is 7.44. The number of benzene rings is 2. The largest absolute Gasteiger partial charge is 0.356 e. The molecule has 6 heteroatoms. The second kappa shape index (κ2) is 10.7. The highest BCUT2D eigenvalue weighted by molar-refractivity contribution is 8.26. The molecule has 1 atom stereocenters. The number of thiocarbonyl (C=S) groups is 1. The number of para-hydroxylation sites is 1. The van der Waals surface area contributed by atoms with Gasteiger partial charge in [-0.25, -0.2) is 4.98 Å². The number of carbonyl (C=O) groups is 1. The number of fused-ring (bicyclic) bond motifs is 1. The molecule has 0 radical (unpaired) electrons. The summed E-state index contributed by atoms with van der Waals surface area (Å²) in [5.41, 5.74) is 4.62. The first kappa shape index (κ1) is 25.0. The van der Waals surface area contributed by atoms with Crippen molar-refractivity contribution in [3.63, 3.8) is 0 Å². The van der Waals surface area contributed by atoms with E-state index in [9.17, 15) is 4.79 Å². The van der Waals surface area contributed by atoms with Crippen molar-refractivity contribution in [1.29, 1.82) is 0 Å². The molecule has 2 fully saturated rings. The predicted octanol–water partition coefficient (Wildman–Crippen LogP) is 7.00. The van der Waals surface area contributed by atoms with E-state index in [4.69, 9.17) is 17.2 Å². The van der Waals surface area contributed by atoms with Crippen molar-refractivity contribution in [3.8, 4) is 0 Å². The Morgan fingerprint density at radius 1 is 1.14 bits per heavy atom. The number of hydrogen-bond acceptors (Lipinski definition) is 5. The first-order valence-electron chi connectivity index (χ1n) is 12.9. The van der Waals surface area contributed by atoms with Crippen LogP contribution in [0.25, 0.3) is 17.0 Å². The topological polar surface area (TPSA) is 36.4 Å². The van der Waals surface area contributed by atoms with E-state index in [0.29, 0.717) is 15.1 Å². The SMILES string of the molecule is CCC(C)N1C(=O)/C(=C/c2cc3cccc(C)c3nc2N2CCC(Cc3ccccc3)CC2)SC1=S. The molecule has 2 aliphatic heterocycles. The number of hydrogen-bond donors (Lipinski definition) is 0. The number of pyridine rings is 1. The van der Waals surface area contributed by atoms with Crippen LogP contribution in [-0.4, -0.2) is 39.2 Å². The lowest BCUT2D eigenvalue weighted by Crippen LogP contribution is -2.36. The minimum atomic E-state index is 0.0104. The summed E-state index contributed by atoms with van der Waals surface area (Å²) >= 11 is 6.98. The summed E-state index contributed by atoms with van der Waals surface area (Å²) < 4.78 is 0.647. The molecular formula is C30H33N3OS2. The van der Waals surface area contributed by atoms with Crippen molar-refractivity contribution in [2.75, 3.05) is 18.0 Å². The van der Waals surface area contributed by atoms with Crippen LogP contribution in [0.4, 0.5) is 5.82 Å². The summed E-state index contributed by atoms with van der Waals surface area (Å²) in [7, 11) is 0.